The van der Waals surface area contributed by atoms with Gasteiger partial charge in [-0.05, 0) is 11.6 Å². The summed E-state index contributed by atoms with van der Waals surface area (Å²) in [5.41, 5.74) is 4.57. The fourth-order valence-corrected chi connectivity index (χ4v) is 2.87. The fourth-order valence-electron chi connectivity index (χ4n) is 2.87. The van der Waals surface area contributed by atoms with Crippen LogP contribution < -0.4 is 5.32 Å². The van der Waals surface area contributed by atoms with Crippen LogP contribution in [0.25, 0.3) is 0 Å². The summed E-state index contributed by atoms with van der Waals surface area (Å²) in [5, 5.41) is 7.81. The van der Waals surface area contributed by atoms with Crippen LogP contribution in [-0.4, -0.2) is 12.3 Å². The third-order valence-electron chi connectivity index (χ3n) is 3.82. The zero-order chi connectivity index (χ0) is 12.7. The maximum atomic E-state index is 5.69. The van der Waals surface area contributed by atoms with E-state index in [2.05, 4.69) is 34.7 Å². The highest BCUT2D eigenvalue weighted by atomic mass is 16.6. The van der Waals surface area contributed by atoms with Crippen LogP contribution >= 0.6 is 0 Å². The van der Waals surface area contributed by atoms with Crippen LogP contribution in [0.15, 0.2) is 59.8 Å². The number of fused-ring (bicyclic) bond motifs is 3. The molecular weight excluding hydrogens is 236 g/mol. The molecule has 2 atom stereocenters. The van der Waals surface area contributed by atoms with Gasteiger partial charge in [0.2, 0.25) is 0 Å². The van der Waals surface area contributed by atoms with Gasteiger partial charge in [-0.25, -0.2) is 0 Å². The van der Waals surface area contributed by atoms with Crippen molar-refractivity contribution >= 4 is 11.4 Å². The van der Waals surface area contributed by atoms with Gasteiger partial charge in [-0.15, -0.1) is 0 Å². The van der Waals surface area contributed by atoms with Crippen molar-refractivity contribution in [3.8, 4) is 0 Å². The second kappa shape index (κ2) is 4.12. The first kappa shape index (κ1) is 10.6. The van der Waals surface area contributed by atoms with E-state index in [9.17, 15) is 0 Å². The van der Waals surface area contributed by atoms with Gasteiger partial charge in [-0.1, -0.05) is 53.7 Å². The first-order chi connectivity index (χ1) is 9.43. The van der Waals surface area contributed by atoms with Gasteiger partial charge >= 0.3 is 0 Å². The quantitative estimate of drug-likeness (QED) is 0.843. The van der Waals surface area contributed by atoms with E-state index >= 15 is 0 Å². The van der Waals surface area contributed by atoms with E-state index in [0.717, 1.165) is 23.5 Å². The van der Waals surface area contributed by atoms with Crippen LogP contribution in [0.1, 0.15) is 17.2 Å². The number of hydrogen-bond acceptors (Lipinski definition) is 3. The first-order valence-electron chi connectivity index (χ1n) is 6.55. The summed E-state index contributed by atoms with van der Waals surface area (Å²) in [5.74, 6) is 0.289. The number of anilines is 1. The Labute approximate surface area is 111 Å². The molecule has 0 bridgehead atoms. The molecule has 0 aromatic heterocycles. The Bertz CT molecular complexity index is 636. The van der Waals surface area contributed by atoms with Crippen molar-refractivity contribution in [3.63, 3.8) is 0 Å². The lowest BCUT2D eigenvalue weighted by Crippen LogP contribution is -2.31. The van der Waals surface area contributed by atoms with Gasteiger partial charge in [0, 0.05) is 17.8 Å². The van der Waals surface area contributed by atoms with Crippen LogP contribution in [0, 0.1) is 5.92 Å². The zero-order valence-corrected chi connectivity index (χ0v) is 10.4. The van der Waals surface area contributed by atoms with Gasteiger partial charge in [0.15, 0.2) is 6.10 Å². The highest BCUT2D eigenvalue weighted by Crippen LogP contribution is 2.39. The summed E-state index contributed by atoms with van der Waals surface area (Å²) in [6, 6.07) is 18.6. The molecule has 1 N–H and O–H groups in total. The summed E-state index contributed by atoms with van der Waals surface area (Å²) in [6.45, 7) is 0.870. The van der Waals surface area contributed by atoms with Crippen LogP contribution in [0.2, 0.25) is 0 Å². The molecule has 0 spiro atoms. The SMILES string of the molecule is c1ccc([C@H]2ON=C3c4ccccc4NC[C@@H]32)cc1. The van der Waals surface area contributed by atoms with Crippen molar-refractivity contribution in [2.75, 3.05) is 11.9 Å². The van der Waals surface area contributed by atoms with Gasteiger partial charge in [-0.3, -0.25) is 0 Å². The second-order valence-corrected chi connectivity index (χ2v) is 4.95. The third kappa shape index (κ3) is 1.62. The molecule has 19 heavy (non-hydrogen) atoms. The molecule has 2 aliphatic heterocycles. The fraction of sp³-hybridized carbons (Fsp3) is 0.188. The van der Waals surface area contributed by atoms with Crippen molar-refractivity contribution < 1.29 is 4.84 Å². The number of nitrogens with zero attached hydrogens (tertiary/aromatic N) is 1. The van der Waals surface area contributed by atoms with Crippen LogP contribution in [-0.2, 0) is 4.84 Å². The molecule has 3 nitrogen and oxygen atoms in total. The van der Waals surface area contributed by atoms with Crippen molar-refractivity contribution in [2.24, 2.45) is 11.1 Å². The molecule has 2 aliphatic rings. The molecule has 94 valence electrons. The van der Waals surface area contributed by atoms with E-state index in [1.807, 2.05) is 30.3 Å². The molecule has 2 aromatic rings. The molecule has 0 radical (unpaired) electrons. The van der Waals surface area contributed by atoms with E-state index in [4.69, 9.17) is 4.84 Å². The van der Waals surface area contributed by atoms with Crippen molar-refractivity contribution in [1.29, 1.82) is 0 Å². The Morgan fingerprint density at radius 1 is 1.00 bits per heavy atom. The summed E-state index contributed by atoms with van der Waals surface area (Å²) in [7, 11) is 0. The van der Waals surface area contributed by atoms with Crippen molar-refractivity contribution in [3.05, 3.63) is 65.7 Å². The van der Waals surface area contributed by atoms with Crippen molar-refractivity contribution in [2.45, 2.75) is 6.10 Å². The average molecular weight is 250 g/mol. The van der Waals surface area contributed by atoms with E-state index in [-0.39, 0.29) is 12.0 Å². The zero-order valence-electron chi connectivity index (χ0n) is 10.4. The Balaban J connectivity index is 1.72. The third-order valence-corrected chi connectivity index (χ3v) is 3.82. The molecule has 4 rings (SSSR count). The van der Waals surface area contributed by atoms with Crippen LogP contribution in [0.5, 0.6) is 0 Å². The summed E-state index contributed by atoms with van der Waals surface area (Å²) < 4.78 is 0. The molecular formula is C16H14N2O. The van der Waals surface area contributed by atoms with Gasteiger partial charge < -0.3 is 10.2 Å². The molecule has 0 saturated heterocycles. The lowest BCUT2D eigenvalue weighted by Gasteiger charge is -2.26. The topological polar surface area (TPSA) is 33.6 Å². The predicted molar refractivity (Wildman–Crippen MR) is 75.2 cm³/mol. The number of oxime groups is 1. The molecule has 0 aliphatic carbocycles. The van der Waals surface area contributed by atoms with E-state index in [1.165, 1.54) is 5.56 Å². The first-order valence-corrected chi connectivity index (χ1v) is 6.55. The second-order valence-electron chi connectivity index (χ2n) is 4.95. The summed E-state index contributed by atoms with van der Waals surface area (Å²) in [4.78, 5) is 5.69. The molecule has 2 aromatic carbocycles. The number of para-hydroxylation sites is 1. The molecule has 0 fully saturated rings. The minimum atomic E-state index is 0.0251. The van der Waals surface area contributed by atoms with Crippen LogP contribution in [0.3, 0.4) is 0 Å². The van der Waals surface area contributed by atoms with Crippen LogP contribution in [0.4, 0.5) is 5.69 Å². The maximum Gasteiger partial charge on any atom is 0.162 e. The number of nitrogens with one attached hydrogen (secondary N) is 1. The highest BCUT2D eigenvalue weighted by Gasteiger charge is 2.39. The lowest BCUT2D eigenvalue weighted by atomic mass is 9.85. The Hall–Kier alpha value is -2.29. The van der Waals surface area contributed by atoms with Gasteiger partial charge in [-0.2, -0.15) is 0 Å². The molecule has 0 unspecified atom stereocenters. The van der Waals surface area contributed by atoms with E-state index in [1.54, 1.807) is 0 Å². The predicted octanol–water partition coefficient (Wildman–Crippen LogP) is 3.20. The van der Waals surface area contributed by atoms with Gasteiger partial charge in [0.1, 0.15) is 0 Å². The van der Waals surface area contributed by atoms with E-state index in [0.29, 0.717) is 0 Å². The van der Waals surface area contributed by atoms with Gasteiger partial charge in [0.25, 0.3) is 0 Å². The monoisotopic (exact) mass is 250 g/mol. The number of benzene rings is 2. The molecule has 2 heterocycles. The number of hydrogen-bond donors (Lipinski definition) is 1. The standard InChI is InChI=1S/C16H14N2O/c1-2-6-11(7-3-1)16-13-10-17-14-9-5-4-8-12(14)15(13)18-19-16/h1-9,13,16-17H,10H2/t13-,16+/m0/s1. The smallest absolute Gasteiger partial charge is 0.162 e. The molecule has 0 saturated carbocycles. The Morgan fingerprint density at radius 3 is 2.68 bits per heavy atom. The Morgan fingerprint density at radius 2 is 1.79 bits per heavy atom. The van der Waals surface area contributed by atoms with E-state index < -0.39 is 0 Å². The minimum absolute atomic E-state index is 0.0251. The highest BCUT2D eigenvalue weighted by molar-refractivity contribution is 6.08. The molecule has 0 amide bonds. The summed E-state index contributed by atoms with van der Waals surface area (Å²) in [6.07, 6.45) is 0.0251. The van der Waals surface area contributed by atoms with Crippen molar-refractivity contribution in [1.82, 2.24) is 0 Å². The lowest BCUT2D eigenvalue weighted by molar-refractivity contribution is 0.0640. The largest absolute Gasteiger partial charge is 0.387 e. The average Bonchev–Trinajstić information content (AvgIpc) is 2.92. The normalized spacial score (nSPS) is 23.7. The Kier molecular flexibility index (Phi) is 2.30. The summed E-state index contributed by atoms with van der Waals surface area (Å²) >= 11 is 0. The maximum absolute atomic E-state index is 5.69. The minimum Gasteiger partial charge on any atom is -0.387 e. The number of rotatable bonds is 1. The van der Waals surface area contributed by atoms with Gasteiger partial charge in [0.05, 0.1) is 11.6 Å². The molecule has 3 heteroatoms.